The van der Waals surface area contributed by atoms with Crippen LogP contribution in [0.5, 0.6) is 11.5 Å². The van der Waals surface area contributed by atoms with E-state index in [1.165, 1.54) is 18.3 Å². The summed E-state index contributed by atoms with van der Waals surface area (Å²) in [5.41, 5.74) is 4.19. The van der Waals surface area contributed by atoms with Crippen LogP contribution in [0.3, 0.4) is 0 Å². The van der Waals surface area contributed by atoms with Crippen LogP contribution in [0.4, 0.5) is 5.69 Å². The zero-order valence-corrected chi connectivity index (χ0v) is 20.5. The Morgan fingerprint density at radius 3 is 2.62 bits per heavy atom. The molecule has 0 aliphatic carbocycles. The monoisotopic (exact) mass is 506 g/mol. The van der Waals surface area contributed by atoms with Gasteiger partial charge in [0.25, 0.3) is 17.5 Å². The summed E-state index contributed by atoms with van der Waals surface area (Å²) in [6, 6.07) is 11.9. The standard InChI is InChI=1S/C26H26N4O7/c1-15(2)10-21(28-25(31)17-4-8-23-24(12-17)36-14-35-23)26(32)29-27-13-19-6-9-22(37-19)20-7-5-18(30(33)34)11-16(20)3/h4-9,11-13,15,21H,10,14H2,1-3H3,(H,28,31)(H,29,32)/b27-13-/t21-/m1/s1. The van der Waals surface area contributed by atoms with Gasteiger partial charge in [-0.15, -0.1) is 0 Å². The van der Waals surface area contributed by atoms with Gasteiger partial charge in [-0.2, -0.15) is 5.10 Å². The highest BCUT2D eigenvalue weighted by Crippen LogP contribution is 2.32. The number of rotatable bonds is 9. The second kappa shape index (κ2) is 10.9. The lowest BCUT2D eigenvalue weighted by molar-refractivity contribution is -0.384. The molecule has 192 valence electrons. The van der Waals surface area contributed by atoms with Gasteiger partial charge in [0.15, 0.2) is 11.5 Å². The first-order valence-electron chi connectivity index (χ1n) is 11.6. The number of hydrogen-bond acceptors (Lipinski definition) is 8. The van der Waals surface area contributed by atoms with Crippen LogP contribution in [0.15, 0.2) is 58.0 Å². The van der Waals surface area contributed by atoms with Gasteiger partial charge < -0.3 is 19.2 Å². The van der Waals surface area contributed by atoms with E-state index in [0.717, 1.165) is 0 Å². The summed E-state index contributed by atoms with van der Waals surface area (Å²) in [5, 5.41) is 17.7. The summed E-state index contributed by atoms with van der Waals surface area (Å²) >= 11 is 0. The largest absolute Gasteiger partial charge is 0.455 e. The quantitative estimate of drug-likeness (QED) is 0.251. The number of ether oxygens (including phenoxy) is 2. The molecule has 1 aliphatic rings. The Labute approximate surface area is 212 Å². The maximum Gasteiger partial charge on any atom is 0.269 e. The molecular weight excluding hydrogens is 480 g/mol. The number of nitrogens with one attached hydrogen (secondary N) is 2. The van der Waals surface area contributed by atoms with Crippen molar-refractivity contribution in [1.29, 1.82) is 0 Å². The first-order valence-corrected chi connectivity index (χ1v) is 11.6. The molecule has 1 aromatic heterocycles. The van der Waals surface area contributed by atoms with Crippen LogP contribution in [0.1, 0.15) is 41.9 Å². The minimum absolute atomic E-state index is 0.00105. The first kappa shape index (κ1) is 25.4. The molecule has 2 aromatic carbocycles. The zero-order valence-electron chi connectivity index (χ0n) is 20.5. The fraction of sp³-hybridized carbons (Fsp3) is 0.269. The van der Waals surface area contributed by atoms with E-state index >= 15 is 0 Å². The number of aryl methyl sites for hydroxylation is 1. The van der Waals surface area contributed by atoms with Gasteiger partial charge in [0.05, 0.1) is 11.1 Å². The van der Waals surface area contributed by atoms with Crippen molar-refractivity contribution in [3.05, 3.63) is 75.5 Å². The molecule has 0 saturated heterocycles. The van der Waals surface area contributed by atoms with Gasteiger partial charge in [0, 0.05) is 23.3 Å². The van der Waals surface area contributed by atoms with Crippen molar-refractivity contribution in [2.75, 3.05) is 6.79 Å². The van der Waals surface area contributed by atoms with Gasteiger partial charge in [-0.1, -0.05) is 13.8 Å². The predicted molar refractivity (Wildman–Crippen MR) is 135 cm³/mol. The van der Waals surface area contributed by atoms with Gasteiger partial charge in [-0.25, -0.2) is 5.43 Å². The Morgan fingerprint density at radius 1 is 1.11 bits per heavy atom. The summed E-state index contributed by atoms with van der Waals surface area (Å²) in [7, 11) is 0. The van der Waals surface area contributed by atoms with Crippen LogP contribution in [-0.4, -0.2) is 35.8 Å². The number of hydrogen-bond donors (Lipinski definition) is 2. The minimum atomic E-state index is -0.815. The normalized spacial score (nSPS) is 13.1. The molecule has 0 spiro atoms. The Morgan fingerprint density at radius 2 is 1.89 bits per heavy atom. The van der Waals surface area contributed by atoms with Gasteiger partial charge in [-0.05, 0) is 61.2 Å². The molecule has 37 heavy (non-hydrogen) atoms. The minimum Gasteiger partial charge on any atom is -0.455 e. The highest BCUT2D eigenvalue weighted by atomic mass is 16.7. The van der Waals surface area contributed by atoms with E-state index in [-0.39, 0.29) is 18.4 Å². The molecule has 0 bridgehead atoms. The number of benzene rings is 2. The van der Waals surface area contributed by atoms with Crippen LogP contribution in [0, 0.1) is 23.0 Å². The van der Waals surface area contributed by atoms with Crippen LogP contribution < -0.4 is 20.2 Å². The Balaban J connectivity index is 1.40. The van der Waals surface area contributed by atoms with Crippen molar-refractivity contribution < 1.29 is 28.4 Å². The third kappa shape index (κ3) is 6.13. The summed E-state index contributed by atoms with van der Waals surface area (Å²) in [6.07, 6.45) is 1.75. The molecule has 1 aliphatic heterocycles. The van der Waals surface area contributed by atoms with E-state index in [9.17, 15) is 19.7 Å². The first-order chi connectivity index (χ1) is 17.7. The molecule has 11 nitrogen and oxygen atoms in total. The molecule has 3 aromatic rings. The predicted octanol–water partition coefficient (Wildman–Crippen LogP) is 4.19. The van der Waals surface area contributed by atoms with E-state index in [2.05, 4.69) is 15.8 Å². The molecule has 4 rings (SSSR count). The van der Waals surface area contributed by atoms with Crippen LogP contribution in [-0.2, 0) is 4.79 Å². The summed E-state index contributed by atoms with van der Waals surface area (Å²) < 4.78 is 16.3. The molecule has 0 saturated carbocycles. The average molecular weight is 507 g/mol. The van der Waals surface area contributed by atoms with Gasteiger partial charge in [-0.3, -0.25) is 19.7 Å². The lowest BCUT2D eigenvalue weighted by Gasteiger charge is -2.19. The highest BCUT2D eigenvalue weighted by Gasteiger charge is 2.24. The lowest BCUT2D eigenvalue weighted by atomic mass is 10.0. The zero-order chi connectivity index (χ0) is 26.5. The number of non-ortho nitro benzene ring substituents is 1. The van der Waals surface area contributed by atoms with E-state index < -0.39 is 22.8 Å². The van der Waals surface area contributed by atoms with Gasteiger partial charge in [0.1, 0.15) is 17.6 Å². The van der Waals surface area contributed by atoms with Gasteiger partial charge in [0.2, 0.25) is 6.79 Å². The van der Waals surface area contributed by atoms with E-state index in [0.29, 0.717) is 46.1 Å². The van der Waals surface area contributed by atoms with Crippen molar-refractivity contribution in [3.8, 4) is 22.8 Å². The average Bonchev–Trinajstić information content (AvgIpc) is 3.52. The van der Waals surface area contributed by atoms with E-state index in [4.69, 9.17) is 13.9 Å². The molecular formula is C26H26N4O7. The van der Waals surface area contributed by atoms with E-state index in [1.807, 2.05) is 13.8 Å². The van der Waals surface area contributed by atoms with Crippen molar-refractivity contribution in [3.63, 3.8) is 0 Å². The number of amides is 2. The van der Waals surface area contributed by atoms with Crippen LogP contribution in [0.2, 0.25) is 0 Å². The number of furan rings is 1. The Bertz CT molecular complexity index is 1360. The smallest absolute Gasteiger partial charge is 0.269 e. The number of carbonyl (C=O) groups is 2. The molecule has 2 heterocycles. The highest BCUT2D eigenvalue weighted by molar-refractivity contribution is 5.98. The van der Waals surface area contributed by atoms with Crippen LogP contribution in [0.25, 0.3) is 11.3 Å². The van der Waals surface area contributed by atoms with Crippen molar-refractivity contribution in [1.82, 2.24) is 10.7 Å². The number of hydrazone groups is 1. The topological polar surface area (TPSA) is 145 Å². The molecule has 1 atom stereocenters. The molecule has 0 unspecified atom stereocenters. The molecule has 0 radical (unpaired) electrons. The number of nitrogens with zero attached hydrogens (tertiary/aromatic N) is 2. The van der Waals surface area contributed by atoms with Crippen molar-refractivity contribution in [2.24, 2.45) is 11.0 Å². The Hall–Kier alpha value is -4.67. The lowest BCUT2D eigenvalue weighted by Crippen LogP contribution is -2.46. The molecule has 2 amide bonds. The van der Waals surface area contributed by atoms with Crippen molar-refractivity contribution >= 4 is 23.7 Å². The van der Waals surface area contributed by atoms with Crippen LogP contribution >= 0.6 is 0 Å². The Kier molecular flexibility index (Phi) is 7.52. The maximum absolute atomic E-state index is 12.8. The SMILES string of the molecule is Cc1cc([N+](=O)[O-])ccc1-c1ccc(/C=N\NC(=O)[C@@H](CC(C)C)NC(=O)c2ccc3c(c2)OCO3)o1. The number of nitro groups is 1. The van der Waals surface area contributed by atoms with Crippen molar-refractivity contribution in [2.45, 2.75) is 33.2 Å². The van der Waals surface area contributed by atoms with Gasteiger partial charge >= 0.3 is 0 Å². The second-order valence-electron chi connectivity index (χ2n) is 8.92. The second-order valence-corrected chi connectivity index (χ2v) is 8.92. The third-order valence-electron chi connectivity index (χ3n) is 5.64. The maximum atomic E-state index is 12.8. The molecule has 2 N–H and O–H groups in total. The number of carbonyl (C=O) groups excluding carboxylic acids is 2. The fourth-order valence-electron chi connectivity index (χ4n) is 3.82. The molecule has 11 heteroatoms. The summed E-state index contributed by atoms with van der Waals surface area (Å²) in [6.45, 7) is 5.74. The third-order valence-corrected chi connectivity index (χ3v) is 5.64. The summed E-state index contributed by atoms with van der Waals surface area (Å²) in [4.78, 5) is 36.1. The number of fused-ring (bicyclic) bond motifs is 1. The molecule has 0 fully saturated rings. The summed E-state index contributed by atoms with van der Waals surface area (Å²) in [5.74, 6) is 1.16. The van der Waals surface area contributed by atoms with E-state index in [1.54, 1.807) is 43.3 Å². The fourth-order valence-corrected chi connectivity index (χ4v) is 3.82. The number of nitro benzene ring substituents is 1.